The van der Waals surface area contributed by atoms with E-state index in [1.807, 2.05) is 30.3 Å². The van der Waals surface area contributed by atoms with Gasteiger partial charge in [-0.1, -0.05) is 36.8 Å². The van der Waals surface area contributed by atoms with Crippen LogP contribution < -0.4 is 10.6 Å². The summed E-state index contributed by atoms with van der Waals surface area (Å²) in [5.74, 6) is 0.157. The molecule has 2 amide bonds. The number of aromatic nitrogens is 2. The van der Waals surface area contributed by atoms with Crippen LogP contribution in [0.5, 0.6) is 0 Å². The maximum atomic E-state index is 12.3. The van der Waals surface area contributed by atoms with Crippen LogP contribution in [0.2, 0.25) is 0 Å². The minimum atomic E-state index is -0.217. The second kappa shape index (κ2) is 9.32. The number of carbonyl (C=O) groups is 2. The zero-order valence-corrected chi connectivity index (χ0v) is 15.8. The molecule has 3 rings (SSSR count). The van der Waals surface area contributed by atoms with Gasteiger partial charge in [-0.3, -0.25) is 14.3 Å². The van der Waals surface area contributed by atoms with Gasteiger partial charge in [-0.25, -0.2) is 0 Å². The molecule has 7 nitrogen and oxygen atoms in total. The van der Waals surface area contributed by atoms with Crippen LogP contribution >= 0.6 is 0 Å². The lowest BCUT2D eigenvalue weighted by atomic mass is 10.1. The summed E-state index contributed by atoms with van der Waals surface area (Å²) < 4.78 is 1.52. The van der Waals surface area contributed by atoms with E-state index in [4.69, 9.17) is 0 Å². The van der Waals surface area contributed by atoms with Gasteiger partial charge in [0.15, 0.2) is 5.69 Å². The van der Waals surface area contributed by atoms with E-state index < -0.39 is 0 Å². The summed E-state index contributed by atoms with van der Waals surface area (Å²) in [6.07, 6.45) is 4.05. The van der Waals surface area contributed by atoms with E-state index >= 15 is 0 Å². The van der Waals surface area contributed by atoms with Gasteiger partial charge < -0.3 is 15.5 Å². The lowest BCUT2D eigenvalue weighted by molar-refractivity contribution is -0.115. The van der Waals surface area contributed by atoms with Crippen molar-refractivity contribution in [1.82, 2.24) is 20.0 Å². The van der Waals surface area contributed by atoms with Gasteiger partial charge in [0, 0.05) is 26.2 Å². The predicted octanol–water partition coefficient (Wildman–Crippen LogP) is 1.82. The van der Waals surface area contributed by atoms with E-state index in [0.717, 1.165) is 25.2 Å². The molecule has 2 N–H and O–H groups in total. The topological polar surface area (TPSA) is 79.3 Å². The molecular weight excluding hydrogens is 342 g/mol. The van der Waals surface area contributed by atoms with E-state index in [1.54, 1.807) is 13.1 Å². The Balaban J connectivity index is 1.49. The Morgan fingerprint density at radius 3 is 2.59 bits per heavy atom. The Morgan fingerprint density at radius 1 is 1.11 bits per heavy atom. The van der Waals surface area contributed by atoms with Gasteiger partial charge in [0.2, 0.25) is 5.91 Å². The average molecular weight is 369 g/mol. The van der Waals surface area contributed by atoms with E-state index in [2.05, 4.69) is 20.6 Å². The third-order valence-electron chi connectivity index (χ3n) is 4.75. The second-order valence-corrected chi connectivity index (χ2v) is 6.91. The monoisotopic (exact) mass is 369 g/mol. The molecular formula is C20H27N5O2. The molecule has 0 radical (unpaired) electrons. The summed E-state index contributed by atoms with van der Waals surface area (Å²) >= 11 is 0. The van der Waals surface area contributed by atoms with Crippen molar-refractivity contribution < 1.29 is 9.59 Å². The third kappa shape index (κ3) is 5.65. The van der Waals surface area contributed by atoms with Crippen molar-refractivity contribution >= 4 is 17.6 Å². The van der Waals surface area contributed by atoms with Crippen LogP contribution in [-0.4, -0.2) is 52.7 Å². The fraction of sp³-hybridized carbons (Fsp3) is 0.450. The first-order valence-corrected chi connectivity index (χ1v) is 9.50. The maximum Gasteiger partial charge on any atom is 0.271 e. The SMILES string of the molecule is Cn1nc(C(=O)NCCN2CCCCC2)cc1NC(=O)Cc1ccccc1. The Kier molecular flexibility index (Phi) is 6.59. The second-order valence-electron chi connectivity index (χ2n) is 6.91. The Bertz CT molecular complexity index is 766. The van der Waals surface area contributed by atoms with E-state index in [0.29, 0.717) is 18.1 Å². The number of anilines is 1. The summed E-state index contributed by atoms with van der Waals surface area (Å²) in [5.41, 5.74) is 1.25. The van der Waals surface area contributed by atoms with Crippen LogP contribution in [0.25, 0.3) is 0 Å². The number of nitrogens with zero attached hydrogens (tertiary/aromatic N) is 3. The number of rotatable bonds is 7. The van der Waals surface area contributed by atoms with E-state index in [-0.39, 0.29) is 18.2 Å². The van der Waals surface area contributed by atoms with Gasteiger partial charge in [0.25, 0.3) is 5.91 Å². The summed E-state index contributed by atoms with van der Waals surface area (Å²) in [7, 11) is 1.71. The molecule has 1 saturated heterocycles. The molecule has 0 unspecified atom stereocenters. The molecule has 1 aromatic heterocycles. The number of likely N-dealkylation sites (tertiary alicyclic amines) is 1. The van der Waals surface area contributed by atoms with Crippen molar-refractivity contribution in [1.29, 1.82) is 0 Å². The van der Waals surface area contributed by atoms with Crippen molar-refractivity contribution in [3.05, 3.63) is 47.7 Å². The number of carbonyl (C=O) groups excluding carboxylic acids is 2. The van der Waals surface area contributed by atoms with Crippen LogP contribution in [0.4, 0.5) is 5.82 Å². The van der Waals surface area contributed by atoms with Gasteiger partial charge in [-0.15, -0.1) is 0 Å². The van der Waals surface area contributed by atoms with Crippen molar-refractivity contribution in [3.63, 3.8) is 0 Å². The molecule has 0 bridgehead atoms. The lowest BCUT2D eigenvalue weighted by Gasteiger charge is -2.26. The van der Waals surface area contributed by atoms with E-state index in [1.165, 1.54) is 23.9 Å². The van der Waals surface area contributed by atoms with Crippen LogP contribution in [0.3, 0.4) is 0 Å². The highest BCUT2D eigenvalue weighted by Gasteiger charge is 2.15. The first-order valence-electron chi connectivity index (χ1n) is 9.50. The quantitative estimate of drug-likeness (QED) is 0.780. The highest BCUT2D eigenvalue weighted by Crippen LogP contribution is 2.11. The van der Waals surface area contributed by atoms with Crippen molar-refractivity contribution in [2.75, 3.05) is 31.5 Å². The van der Waals surface area contributed by atoms with Crippen molar-refractivity contribution in [3.8, 4) is 0 Å². The number of hydrogen-bond acceptors (Lipinski definition) is 4. The first kappa shape index (κ1) is 19.1. The molecule has 1 aromatic carbocycles. The summed E-state index contributed by atoms with van der Waals surface area (Å²) in [5, 5.41) is 9.94. The number of nitrogens with one attached hydrogen (secondary N) is 2. The molecule has 0 aliphatic carbocycles. The number of piperidine rings is 1. The zero-order valence-electron chi connectivity index (χ0n) is 15.8. The molecule has 1 aliphatic heterocycles. The fourth-order valence-corrected chi connectivity index (χ4v) is 3.26. The van der Waals surface area contributed by atoms with Crippen LogP contribution in [-0.2, 0) is 18.3 Å². The van der Waals surface area contributed by atoms with Crippen LogP contribution in [0, 0.1) is 0 Å². The molecule has 27 heavy (non-hydrogen) atoms. The molecule has 0 saturated carbocycles. The summed E-state index contributed by atoms with van der Waals surface area (Å²) in [4.78, 5) is 26.9. The molecule has 0 spiro atoms. The van der Waals surface area contributed by atoms with E-state index in [9.17, 15) is 9.59 Å². The normalized spacial score (nSPS) is 14.7. The lowest BCUT2D eigenvalue weighted by Crippen LogP contribution is -2.37. The fourth-order valence-electron chi connectivity index (χ4n) is 3.26. The number of aryl methyl sites for hydroxylation is 1. The Labute approximate surface area is 159 Å². The van der Waals surface area contributed by atoms with Crippen LogP contribution in [0.15, 0.2) is 36.4 Å². The predicted molar refractivity (Wildman–Crippen MR) is 105 cm³/mol. The largest absolute Gasteiger partial charge is 0.349 e. The molecule has 0 atom stereocenters. The first-order chi connectivity index (χ1) is 13.1. The summed E-state index contributed by atoms with van der Waals surface area (Å²) in [6.45, 7) is 3.68. The van der Waals surface area contributed by atoms with Gasteiger partial charge in [0.05, 0.1) is 6.42 Å². The maximum absolute atomic E-state index is 12.3. The van der Waals surface area contributed by atoms with Crippen molar-refractivity contribution in [2.24, 2.45) is 7.05 Å². The van der Waals surface area contributed by atoms with Gasteiger partial charge in [0.1, 0.15) is 5.82 Å². The molecule has 1 aliphatic rings. The molecule has 1 fully saturated rings. The molecule has 7 heteroatoms. The number of benzene rings is 1. The molecule has 2 aromatic rings. The molecule has 144 valence electrons. The standard InChI is InChI=1S/C20H27N5O2/c1-24-18(22-19(26)14-16-8-4-2-5-9-16)15-17(23-24)20(27)21-10-13-25-11-6-3-7-12-25/h2,4-5,8-9,15H,3,6-7,10-14H2,1H3,(H,21,27)(H,22,26). The minimum Gasteiger partial charge on any atom is -0.349 e. The number of hydrogen-bond donors (Lipinski definition) is 2. The highest BCUT2D eigenvalue weighted by molar-refractivity contribution is 5.95. The Morgan fingerprint density at radius 2 is 1.85 bits per heavy atom. The zero-order chi connectivity index (χ0) is 19.1. The smallest absolute Gasteiger partial charge is 0.271 e. The van der Waals surface area contributed by atoms with Gasteiger partial charge in [-0.2, -0.15) is 5.10 Å². The van der Waals surface area contributed by atoms with Gasteiger partial charge >= 0.3 is 0 Å². The van der Waals surface area contributed by atoms with Crippen LogP contribution in [0.1, 0.15) is 35.3 Å². The Hall–Kier alpha value is -2.67. The third-order valence-corrected chi connectivity index (χ3v) is 4.75. The highest BCUT2D eigenvalue weighted by atomic mass is 16.2. The number of amides is 2. The minimum absolute atomic E-state index is 0.138. The summed E-state index contributed by atoms with van der Waals surface area (Å²) in [6, 6.07) is 11.1. The molecule has 2 heterocycles. The van der Waals surface area contributed by atoms with Crippen molar-refractivity contribution in [2.45, 2.75) is 25.7 Å². The average Bonchev–Trinajstić information content (AvgIpc) is 3.04. The van der Waals surface area contributed by atoms with Gasteiger partial charge in [-0.05, 0) is 31.5 Å².